The molecule has 1 aliphatic heterocycles. The van der Waals surface area contributed by atoms with Gasteiger partial charge in [-0.15, -0.1) is 0 Å². The van der Waals surface area contributed by atoms with Crippen molar-refractivity contribution in [2.75, 3.05) is 38.3 Å². The third-order valence-corrected chi connectivity index (χ3v) is 4.96. The molecule has 1 fully saturated rings. The molecule has 0 spiro atoms. The normalized spacial score (nSPS) is 16.7. The van der Waals surface area contributed by atoms with Crippen LogP contribution in [-0.4, -0.2) is 50.2 Å². The van der Waals surface area contributed by atoms with Crippen LogP contribution in [0.1, 0.15) is 19.8 Å². The second kappa shape index (κ2) is 9.31. The molecule has 1 unspecified atom stereocenters. The second-order valence-electron chi connectivity index (χ2n) is 6.75. The standard InChI is InChI=1S/C22H28N2O3/c1-3-26-20-13-7-8-14-21(20)27-17-22(25)23(2)19-12-9-15-24(16-19)18-10-5-4-6-11-18/h4-8,10-11,13-14,19H,3,9,12,15-17H2,1-2H3. The fourth-order valence-electron chi connectivity index (χ4n) is 3.43. The summed E-state index contributed by atoms with van der Waals surface area (Å²) in [5, 5.41) is 0. The minimum absolute atomic E-state index is 0.0128. The lowest BCUT2D eigenvalue weighted by atomic mass is 10.0. The number of para-hydroxylation sites is 3. The monoisotopic (exact) mass is 368 g/mol. The molecule has 0 N–H and O–H groups in total. The Bertz CT molecular complexity index is 735. The van der Waals surface area contributed by atoms with Crippen LogP contribution in [0.5, 0.6) is 11.5 Å². The van der Waals surface area contributed by atoms with Gasteiger partial charge in [0, 0.05) is 31.9 Å². The molecule has 1 saturated heterocycles. The molecule has 1 amide bonds. The van der Waals surface area contributed by atoms with E-state index in [1.807, 2.05) is 49.2 Å². The average molecular weight is 368 g/mol. The third-order valence-electron chi connectivity index (χ3n) is 4.96. The summed E-state index contributed by atoms with van der Waals surface area (Å²) in [7, 11) is 1.87. The molecule has 0 bridgehead atoms. The summed E-state index contributed by atoms with van der Waals surface area (Å²) >= 11 is 0. The minimum Gasteiger partial charge on any atom is -0.490 e. The van der Waals surface area contributed by atoms with Gasteiger partial charge in [0.05, 0.1) is 6.61 Å². The van der Waals surface area contributed by atoms with E-state index in [0.717, 1.165) is 25.9 Å². The fraction of sp³-hybridized carbons (Fsp3) is 0.409. The van der Waals surface area contributed by atoms with Crippen molar-refractivity contribution >= 4 is 11.6 Å². The Balaban J connectivity index is 1.57. The average Bonchev–Trinajstić information content (AvgIpc) is 2.73. The first-order valence-electron chi connectivity index (χ1n) is 9.59. The summed E-state index contributed by atoms with van der Waals surface area (Å²) < 4.78 is 11.3. The van der Waals surface area contributed by atoms with Gasteiger partial charge in [-0.05, 0) is 44.0 Å². The lowest BCUT2D eigenvalue weighted by Gasteiger charge is -2.38. The van der Waals surface area contributed by atoms with Crippen LogP contribution in [0.4, 0.5) is 5.69 Å². The molecule has 5 heteroatoms. The first kappa shape index (κ1) is 19.1. The van der Waals surface area contributed by atoms with E-state index in [1.54, 1.807) is 0 Å². The first-order chi connectivity index (χ1) is 13.2. The molecule has 0 radical (unpaired) electrons. The van der Waals surface area contributed by atoms with Gasteiger partial charge in [0.15, 0.2) is 18.1 Å². The van der Waals surface area contributed by atoms with Crippen molar-refractivity contribution < 1.29 is 14.3 Å². The van der Waals surface area contributed by atoms with E-state index < -0.39 is 0 Å². The number of hydrogen-bond donors (Lipinski definition) is 0. The predicted octanol–water partition coefficient (Wildman–Crippen LogP) is 3.59. The van der Waals surface area contributed by atoms with Gasteiger partial charge in [0.2, 0.25) is 0 Å². The van der Waals surface area contributed by atoms with Gasteiger partial charge >= 0.3 is 0 Å². The van der Waals surface area contributed by atoms with Crippen molar-refractivity contribution in [1.29, 1.82) is 0 Å². The highest BCUT2D eigenvalue weighted by Crippen LogP contribution is 2.26. The van der Waals surface area contributed by atoms with Gasteiger partial charge in [-0.3, -0.25) is 4.79 Å². The molecular formula is C22H28N2O3. The number of carbonyl (C=O) groups is 1. The molecule has 1 aliphatic rings. The SMILES string of the molecule is CCOc1ccccc1OCC(=O)N(C)C1CCCN(c2ccccc2)C1. The van der Waals surface area contributed by atoms with Gasteiger partial charge < -0.3 is 19.3 Å². The number of amides is 1. The number of ether oxygens (including phenoxy) is 2. The minimum atomic E-state index is -0.0128. The van der Waals surface area contributed by atoms with E-state index in [0.29, 0.717) is 18.1 Å². The lowest BCUT2D eigenvalue weighted by molar-refractivity contribution is -0.134. The fourth-order valence-corrected chi connectivity index (χ4v) is 3.43. The predicted molar refractivity (Wildman–Crippen MR) is 108 cm³/mol. The lowest BCUT2D eigenvalue weighted by Crippen LogP contribution is -2.49. The van der Waals surface area contributed by atoms with Crippen LogP contribution in [0.25, 0.3) is 0 Å². The van der Waals surface area contributed by atoms with Gasteiger partial charge in [-0.1, -0.05) is 30.3 Å². The molecule has 2 aromatic rings. The van der Waals surface area contributed by atoms with Gasteiger partial charge in [-0.25, -0.2) is 0 Å². The van der Waals surface area contributed by atoms with Crippen LogP contribution in [0.2, 0.25) is 0 Å². The maximum Gasteiger partial charge on any atom is 0.260 e. The zero-order valence-corrected chi connectivity index (χ0v) is 16.1. The van der Waals surface area contributed by atoms with E-state index in [1.165, 1.54) is 5.69 Å². The van der Waals surface area contributed by atoms with Crippen molar-refractivity contribution in [3.05, 3.63) is 54.6 Å². The number of piperidine rings is 1. The number of nitrogens with zero attached hydrogens (tertiary/aromatic N) is 2. The zero-order chi connectivity index (χ0) is 19.1. The van der Waals surface area contributed by atoms with Crippen molar-refractivity contribution in [1.82, 2.24) is 4.90 Å². The summed E-state index contributed by atoms with van der Waals surface area (Å²) in [5.74, 6) is 1.26. The van der Waals surface area contributed by atoms with E-state index in [-0.39, 0.29) is 18.6 Å². The quantitative estimate of drug-likeness (QED) is 0.749. The number of rotatable bonds is 7. The van der Waals surface area contributed by atoms with Crippen molar-refractivity contribution in [3.63, 3.8) is 0 Å². The Morgan fingerprint density at radius 2 is 1.74 bits per heavy atom. The largest absolute Gasteiger partial charge is 0.490 e. The highest BCUT2D eigenvalue weighted by atomic mass is 16.5. The molecule has 2 aromatic carbocycles. The number of hydrogen-bond acceptors (Lipinski definition) is 4. The van der Waals surface area contributed by atoms with Crippen LogP contribution in [0.15, 0.2) is 54.6 Å². The maximum absolute atomic E-state index is 12.7. The topological polar surface area (TPSA) is 42.0 Å². The Labute approximate surface area is 161 Å². The zero-order valence-electron chi connectivity index (χ0n) is 16.1. The van der Waals surface area contributed by atoms with Crippen LogP contribution in [0, 0.1) is 0 Å². The van der Waals surface area contributed by atoms with Gasteiger partial charge in [0.25, 0.3) is 5.91 Å². The highest BCUT2D eigenvalue weighted by Gasteiger charge is 2.26. The Hall–Kier alpha value is -2.69. The third kappa shape index (κ3) is 4.94. The molecule has 1 atom stereocenters. The summed E-state index contributed by atoms with van der Waals surface area (Å²) in [6.07, 6.45) is 2.09. The van der Waals surface area contributed by atoms with Crippen LogP contribution in [-0.2, 0) is 4.79 Å². The molecule has 0 aromatic heterocycles. The molecule has 3 rings (SSSR count). The molecule has 144 valence electrons. The Morgan fingerprint density at radius 3 is 2.44 bits per heavy atom. The number of carbonyl (C=O) groups excluding carboxylic acids is 1. The van der Waals surface area contributed by atoms with E-state index in [9.17, 15) is 4.79 Å². The van der Waals surface area contributed by atoms with Gasteiger partial charge in [-0.2, -0.15) is 0 Å². The number of likely N-dealkylation sites (N-methyl/N-ethyl adjacent to an activating group) is 1. The Morgan fingerprint density at radius 1 is 1.07 bits per heavy atom. The summed E-state index contributed by atoms with van der Waals surface area (Å²) in [6, 6.07) is 18.0. The van der Waals surface area contributed by atoms with Crippen LogP contribution < -0.4 is 14.4 Å². The van der Waals surface area contributed by atoms with E-state index in [2.05, 4.69) is 29.2 Å². The summed E-state index contributed by atoms with van der Waals surface area (Å²) in [4.78, 5) is 16.9. The van der Waals surface area contributed by atoms with Crippen LogP contribution >= 0.6 is 0 Å². The smallest absolute Gasteiger partial charge is 0.260 e. The van der Waals surface area contributed by atoms with Crippen molar-refractivity contribution in [2.45, 2.75) is 25.8 Å². The summed E-state index contributed by atoms with van der Waals surface area (Å²) in [6.45, 7) is 4.38. The molecule has 1 heterocycles. The van der Waals surface area contributed by atoms with Crippen molar-refractivity contribution in [3.8, 4) is 11.5 Å². The maximum atomic E-state index is 12.7. The molecule has 27 heavy (non-hydrogen) atoms. The first-order valence-corrected chi connectivity index (χ1v) is 9.59. The number of benzene rings is 2. The van der Waals surface area contributed by atoms with E-state index in [4.69, 9.17) is 9.47 Å². The molecule has 5 nitrogen and oxygen atoms in total. The number of anilines is 1. The van der Waals surface area contributed by atoms with E-state index >= 15 is 0 Å². The molecule has 0 saturated carbocycles. The molecular weight excluding hydrogens is 340 g/mol. The Kier molecular flexibility index (Phi) is 6.58. The van der Waals surface area contributed by atoms with Crippen LogP contribution in [0.3, 0.4) is 0 Å². The van der Waals surface area contributed by atoms with Gasteiger partial charge in [0.1, 0.15) is 0 Å². The highest BCUT2D eigenvalue weighted by molar-refractivity contribution is 5.78. The second-order valence-corrected chi connectivity index (χ2v) is 6.75. The molecule has 0 aliphatic carbocycles. The summed E-state index contributed by atoms with van der Waals surface area (Å²) in [5.41, 5.74) is 1.21. The van der Waals surface area contributed by atoms with Crippen molar-refractivity contribution in [2.24, 2.45) is 0 Å².